The summed E-state index contributed by atoms with van der Waals surface area (Å²) < 4.78 is 28.5. The lowest BCUT2D eigenvalue weighted by atomic mass is 10.1. The molecule has 0 aliphatic rings. The maximum absolute atomic E-state index is 13.7. The van der Waals surface area contributed by atoms with Gasteiger partial charge >= 0.3 is 0 Å². The van der Waals surface area contributed by atoms with Gasteiger partial charge < -0.3 is 5.73 Å². The summed E-state index contributed by atoms with van der Waals surface area (Å²) in [5.74, 6) is -1.04. The molecule has 2 N–H and O–H groups in total. The first-order valence-electron chi connectivity index (χ1n) is 7.51. The van der Waals surface area contributed by atoms with Crippen molar-refractivity contribution in [3.05, 3.63) is 64.0 Å². The van der Waals surface area contributed by atoms with Crippen molar-refractivity contribution >= 4 is 10.9 Å². The van der Waals surface area contributed by atoms with E-state index in [4.69, 9.17) is 5.73 Å². The van der Waals surface area contributed by atoms with E-state index < -0.39 is 17.2 Å². The van der Waals surface area contributed by atoms with E-state index in [1.54, 1.807) is 0 Å². The van der Waals surface area contributed by atoms with E-state index in [2.05, 4.69) is 9.97 Å². The Morgan fingerprint density at radius 1 is 1.20 bits per heavy atom. The second-order valence-electron chi connectivity index (χ2n) is 5.38. The predicted molar refractivity (Wildman–Crippen MR) is 87.1 cm³/mol. The molecule has 0 unspecified atom stereocenters. The zero-order valence-electron chi connectivity index (χ0n) is 13.0. The highest BCUT2D eigenvalue weighted by atomic mass is 19.1. The van der Waals surface area contributed by atoms with Crippen LogP contribution in [0.2, 0.25) is 0 Å². The average molecular weight is 341 g/mol. The van der Waals surface area contributed by atoms with Crippen LogP contribution in [-0.4, -0.2) is 21.1 Å². The smallest absolute Gasteiger partial charge is 0.266 e. The molecule has 2 aromatic heterocycles. The number of rotatable bonds is 4. The van der Waals surface area contributed by atoms with Crippen molar-refractivity contribution in [2.75, 3.05) is 6.54 Å². The Kier molecular flexibility index (Phi) is 4.50. The third-order valence-electron chi connectivity index (χ3n) is 3.68. The van der Waals surface area contributed by atoms with E-state index in [0.29, 0.717) is 25.2 Å². The number of pyridine rings is 1. The number of halogens is 2. The SMILES string of the molecule is N#Cc1cc(F)cc2c(=O)n(-c3cncc(F)c3)c(CCCN)nc12. The van der Waals surface area contributed by atoms with Gasteiger partial charge in [0.2, 0.25) is 0 Å². The minimum absolute atomic E-state index is 0.0365. The number of aromatic nitrogens is 3. The summed E-state index contributed by atoms with van der Waals surface area (Å²) in [6.45, 7) is 0.365. The monoisotopic (exact) mass is 341 g/mol. The third-order valence-corrected chi connectivity index (χ3v) is 3.68. The Balaban J connectivity index is 2.40. The topological polar surface area (TPSA) is 97.6 Å². The summed E-state index contributed by atoms with van der Waals surface area (Å²) in [4.78, 5) is 21.0. The fourth-order valence-corrected chi connectivity index (χ4v) is 2.60. The molecule has 0 spiro atoms. The van der Waals surface area contributed by atoms with Gasteiger partial charge in [-0.1, -0.05) is 0 Å². The lowest BCUT2D eigenvalue weighted by Gasteiger charge is -2.14. The second-order valence-corrected chi connectivity index (χ2v) is 5.38. The molecule has 126 valence electrons. The number of fused-ring (bicyclic) bond motifs is 1. The Hall–Kier alpha value is -3.18. The number of nitrogens with two attached hydrogens (primary N) is 1. The number of hydrogen-bond acceptors (Lipinski definition) is 5. The van der Waals surface area contributed by atoms with Gasteiger partial charge in [-0.2, -0.15) is 5.26 Å². The summed E-state index contributed by atoms with van der Waals surface area (Å²) in [6.07, 6.45) is 3.19. The Morgan fingerprint density at radius 3 is 2.68 bits per heavy atom. The van der Waals surface area contributed by atoms with Crippen LogP contribution < -0.4 is 11.3 Å². The molecule has 6 nitrogen and oxygen atoms in total. The summed E-state index contributed by atoms with van der Waals surface area (Å²) in [6, 6.07) is 5.02. The maximum Gasteiger partial charge on any atom is 0.266 e. The van der Waals surface area contributed by atoms with Crippen LogP contribution >= 0.6 is 0 Å². The summed E-state index contributed by atoms with van der Waals surface area (Å²) in [7, 11) is 0. The highest BCUT2D eigenvalue weighted by Crippen LogP contribution is 2.19. The van der Waals surface area contributed by atoms with Crippen molar-refractivity contribution in [1.82, 2.24) is 14.5 Å². The normalized spacial score (nSPS) is 10.8. The Bertz CT molecular complexity index is 1060. The number of aryl methyl sites for hydroxylation is 1. The molecule has 0 bridgehead atoms. The first-order chi connectivity index (χ1) is 12.0. The molecule has 0 atom stereocenters. The first kappa shape index (κ1) is 16.7. The molecule has 3 rings (SSSR count). The molecule has 25 heavy (non-hydrogen) atoms. The molecule has 0 amide bonds. The molecule has 8 heteroatoms. The van der Waals surface area contributed by atoms with E-state index in [-0.39, 0.29) is 22.2 Å². The molecule has 0 aliphatic carbocycles. The van der Waals surface area contributed by atoms with Crippen molar-refractivity contribution in [3.8, 4) is 11.8 Å². The molecule has 3 aromatic rings. The van der Waals surface area contributed by atoms with E-state index in [1.165, 1.54) is 10.8 Å². The van der Waals surface area contributed by atoms with E-state index in [1.807, 2.05) is 6.07 Å². The van der Waals surface area contributed by atoms with Gasteiger partial charge in [0.05, 0.1) is 34.5 Å². The van der Waals surface area contributed by atoms with Crippen molar-refractivity contribution in [1.29, 1.82) is 5.26 Å². The van der Waals surface area contributed by atoms with Crippen LogP contribution in [0.25, 0.3) is 16.6 Å². The average Bonchev–Trinajstić information content (AvgIpc) is 2.60. The van der Waals surface area contributed by atoms with Crippen LogP contribution in [0.4, 0.5) is 8.78 Å². The van der Waals surface area contributed by atoms with Gasteiger partial charge in [0, 0.05) is 12.5 Å². The molecule has 0 aliphatic heterocycles. The van der Waals surface area contributed by atoms with Gasteiger partial charge in [-0.25, -0.2) is 13.8 Å². The fourth-order valence-electron chi connectivity index (χ4n) is 2.60. The van der Waals surface area contributed by atoms with Crippen molar-refractivity contribution in [2.45, 2.75) is 12.8 Å². The lowest BCUT2D eigenvalue weighted by Crippen LogP contribution is -2.25. The summed E-state index contributed by atoms with van der Waals surface area (Å²) >= 11 is 0. The molecule has 0 saturated heterocycles. The first-order valence-corrected chi connectivity index (χ1v) is 7.51. The number of nitriles is 1. The van der Waals surface area contributed by atoms with E-state index >= 15 is 0 Å². The summed E-state index contributed by atoms with van der Waals surface area (Å²) in [5.41, 5.74) is 5.18. The number of benzene rings is 1. The van der Waals surface area contributed by atoms with Crippen LogP contribution in [0.3, 0.4) is 0 Å². The van der Waals surface area contributed by atoms with E-state index in [0.717, 1.165) is 24.4 Å². The minimum Gasteiger partial charge on any atom is -0.330 e. The molecule has 0 radical (unpaired) electrons. The fraction of sp³-hybridized carbons (Fsp3) is 0.176. The third kappa shape index (κ3) is 3.09. The van der Waals surface area contributed by atoms with Gasteiger partial charge in [0.1, 0.15) is 23.5 Å². The second kappa shape index (κ2) is 6.75. The van der Waals surface area contributed by atoms with Gasteiger partial charge in [-0.3, -0.25) is 14.3 Å². The van der Waals surface area contributed by atoms with Crippen LogP contribution in [0.5, 0.6) is 0 Å². The van der Waals surface area contributed by atoms with Crippen LogP contribution in [0, 0.1) is 23.0 Å². The summed E-state index contributed by atoms with van der Waals surface area (Å²) in [5, 5.41) is 9.14. The van der Waals surface area contributed by atoms with Crippen molar-refractivity contribution in [3.63, 3.8) is 0 Å². The van der Waals surface area contributed by atoms with Crippen LogP contribution in [0.1, 0.15) is 17.8 Å². The minimum atomic E-state index is -0.721. The molecule has 2 heterocycles. The van der Waals surface area contributed by atoms with Crippen LogP contribution in [-0.2, 0) is 6.42 Å². The quantitative estimate of drug-likeness (QED) is 0.781. The number of hydrogen-bond donors (Lipinski definition) is 1. The van der Waals surface area contributed by atoms with Gasteiger partial charge in [-0.15, -0.1) is 0 Å². The zero-order valence-corrected chi connectivity index (χ0v) is 13.0. The standard InChI is InChI=1S/C17H13F2N5O/c18-11-4-10(7-21)16-14(6-11)17(25)24(15(23-16)2-1-3-20)13-5-12(19)8-22-9-13/h4-6,8-9H,1-3,20H2. The molecule has 0 fully saturated rings. The Morgan fingerprint density at radius 2 is 2.00 bits per heavy atom. The predicted octanol–water partition coefficient (Wildman–Crippen LogP) is 1.82. The Labute approximate surface area is 141 Å². The van der Waals surface area contributed by atoms with Gasteiger partial charge in [-0.05, 0) is 25.1 Å². The zero-order chi connectivity index (χ0) is 18.0. The highest BCUT2D eigenvalue weighted by Gasteiger charge is 2.16. The molecule has 1 aromatic carbocycles. The van der Waals surface area contributed by atoms with Gasteiger partial charge in [0.25, 0.3) is 5.56 Å². The molecular weight excluding hydrogens is 328 g/mol. The van der Waals surface area contributed by atoms with Crippen molar-refractivity contribution in [2.24, 2.45) is 5.73 Å². The lowest BCUT2D eigenvalue weighted by molar-refractivity contribution is 0.617. The maximum atomic E-state index is 13.7. The highest BCUT2D eigenvalue weighted by molar-refractivity contribution is 5.83. The van der Waals surface area contributed by atoms with Crippen molar-refractivity contribution < 1.29 is 8.78 Å². The number of nitrogens with zero attached hydrogens (tertiary/aromatic N) is 4. The van der Waals surface area contributed by atoms with E-state index in [9.17, 15) is 18.8 Å². The molecular formula is C17H13F2N5O. The van der Waals surface area contributed by atoms with Gasteiger partial charge in [0.15, 0.2) is 0 Å². The largest absolute Gasteiger partial charge is 0.330 e. The molecule has 0 saturated carbocycles. The van der Waals surface area contributed by atoms with Crippen LogP contribution in [0.15, 0.2) is 35.4 Å².